The van der Waals surface area contributed by atoms with E-state index in [9.17, 15) is 9.59 Å². The van der Waals surface area contributed by atoms with Crippen molar-refractivity contribution >= 4 is 12.0 Å². The monoisotopic (exact) mass is 228 g/mol. The maximum absolute atomic E-state index is 11.1. The molecule has 0 radical (unpaired) electrons. The molecule has 0 fully saturated rings. The number of aromatic nitrogens is 2. The van der Waals surface area contributed by atoms with Crippen LogP contribution in [0.15, 0.2) is 4.52 Å². The minimum absolute atomic E-state index is 0.0758. The number of aryl methyl sites for hydroxylation is 1. The van der Waals surface area contributed by atoms with E-state index >= 15 is 0 Å². The number of rotatable bonds is 5. The summed E-state index contributed by atoms with van der Waals surface area (Å²) >= 11 is 0. The van der Waals surface area contributed by atoms with Crippen LogP contribution in [0.4, 0.5) is 4.79 Å². The van der Waals surface area contributed by atoms with Crippen LogP contribution in [0.25, 0.3) is 0 Å². The van der Waals surface area contributed by atoms with Crippen LogP contribution in [0, 0.1) is 6.92 Å². The van der Waals surface area contributed by atoms with E-state index in [1.807, 2.05) is 0 Å². The molecule has 0 aromatic carbocycles. The average Bonchev–Trinajstić information content (AvgIpc) is 2.61. The first kappa shape index (κ1) is 12.0. The smallest absolute Gasteiger partial charge is 0.315 e. The molecule has 88 valence electrons. The van der Waals surface area contributed by atoms with Crippen LogP contribution in [0.2, 0.25) is 0 Å². The van der Waals surface area contributed by atoms with Gasteiger partial charge in [0, 0.05) is 13.5 Å². The van der Waals surface area contributed by atoms with Crippen molar-refractivity contribution in [2.75, 3.05) is 6.54 Å². The van der Waals surface area contributed by atoms with Crippen molar-refractivity contribution in [2.45, 2.75) is 19.9 Å². The minimum atomic E-state index is -0.964. The molecule has 1 rings (SSSR count). The zero-order valence-electron chi connectivity index (χ0n) is 8.69. The predicted octanol–water partition coefficient (Wildman–Crippen LogP) is -0.348. The Bertz CT molecular complexity index is 376. The lowest BCUT2D eigenvalue weighted by atomic mass is 10.4. The molecule has 0 aliphatic rings. The zero-order chi connectivity index (χ0) is 12.0. The number of aliphatic carboxylic acids is 1. The Morgan fingerprint density at radius 1 is 1.44 bits per heavy atom. The molecule has 1 heterocycles. The molecule has 0 saturated heterocycles. The highest BCUT2D eigenvalue weighted by atomic mass is 16.5. The van der Waals surface area contributed by atoms with E-state index in [4.69, 9.17) is 9.63 Å². The van der Waals surface area contributed by atoms with Gasteiger partial charge in [-0.2, -0.15) is 4.98 Å². The van der Waals surface area contributed by atoms with Crippen LogP contribution in [-0.2, 0) is 11.3 Å². The largest absolute Gasteiger partial charge is 0.481 e. The highest BCUT2D eigenvalue weighted by Crippen LogP contribution is 1.93. The molecule has 0 aliphatic heterocycles. The lowest BCUT2D eigenvalue weighted by Crippen LogP contribution is -2.36. The van der Waals surface area contributed by atoms with Gasteiger partial charge in [-0.05, 0) is 0 Å². The second-order valence-electron chi connectivity index (χ2n) is 2.98. The summed E-state index contributed by atoms with van der Waals surface area (Å²) in [7, 11) is 0. The van der Waals surface area contributed by atoms with E-state index in [0.717, 1.165) is 0 Å². The summed E-state index contributed by atoms with van der Waals surface area (Å²) in [6.07, 6.45) is -0.116. The summed E-state index contributed by atoms with van der Waals surface area (Å²) in [5.74, 6) is -0.178. The number of hydrogen-bond acceptors (Lipinski definition) is 5. The van der Waals surface area contributed by atoms with E-state index in [-0.39, 0.29) is 19.5 Å². The zero-order valence-corrected chi connectivity index (χ0v) is 8.69. The molecule has 0 spiro atoms. The predicted molar refractivity (Wildman–Crippen MR) is 51.5 cm³/mol. The van der Waals surface area contributed by atoms with Crippen LogP contribution in [0.3, 0.4) is 0 Å². The van der Waals surface area contributed by atoms with Gasteiger partial charge in [-0.1, -0.05) is 5.16 Å². The van der Waals surface area contributed by atoms with E-state index in [2.05, 4.69) is 20.8 Å². The highest BCUT2D eigenvalue weighted by molar-refractivity contribution is 5.74. The fraction of sp³-hybridized carbons (Fsp3) is 0.500. The Balaban J connectivity index is 2.17. The van der Waals surface area contributed by atoms with Gasteiger partial charge in [0.05, 0.1) is 13.0 Å². The van der Waals surface area contributed by atoms with Crippen LogP contribution < -0.4 is 10.6 Å². The van der Waals surface area contributed by atoms with E-state index in [1.54, 1.807) is 6.92 Å². The number of carboxylic acids is 1. The number of urea groups is 1. The molecule has 16 heavy (non-hydrogen) atoms. The van der Waals surface area contributed by atoms with Gasteiger partial charge >= 0.3 is 12.0 Å². The van der Waals surface area contributed by atoms with Crippen molar-refractivity contribution in [3.05, 3.63) is 11.7 Å². The van der Waals surface area contributed by atoms with Gasteiger partial charge in [-0.25, -0.2) is 4.79 Å². The average molecular weight is 228 g/mol. The molecule has 8 heteroatoms. The molecule has 0 bridgehead atoms. The molecule has 8 nitrogen and oxygen atoms in total. The summed E-state index contributed by atoms with van der Waals surface area (Å²) in [5.41, 5.74) is 0. The first-order valence-electron chi connectivity index (χ1n) is 4.60. The van der Waals surface area contributed by atoms with Crippen LogP contribution in [0.1, 0.15) is 18.1 Å². The van der Waals surface area contributed by atoms with E-state index in [0.29, 0.717) is 11.7 Å². The first-order valence-corrected chi connectivity index (χ1v) is 4.60. The Morgan fingerprint density at radius 2 is 2.19 bits per heavy atom. The molecule has 0 unspecified atom stereocenters. The number of carboxylic acid groups (broad SMARTS) is 1. The third kappa shape index (κ3) is 4.40. The van der Waals surface area contributed by atoms with Crippen molar-refractivity contribution in [3.8, 4) is 0 Å². The number of amides is 2. The molecule has 0 atom stereocenters. The quantitative estimate of drug-likeness (QED) is 0.634. The lowest BCUT2D eigenvalue weighted by Gasteiger charge is -2.03. The Kier molecular flexibility index (Phi) is 4.25. The molecule has 1 aromatic rings. The molecule has 2 amide bonds. The van der Waals surface area contributed by atoms with Crippen LogP contribution >= 0.6 is 0 Å². The van der Waals surface area contributed by atoms with Gasteiger partial charge in [0.1, 0.15) is 0 Å². The summed E-state index contributed by atoms with van der Waals surface area (Å²) in [6, 6.07) is -0.469. The second kappa shape index (κ2) is 5.69. The van der Waals surface area contributed by atoms with Gasteiger partial charge in [0.25, 0.3) is 0 Å². The normalized spacial score (nSPS) is 9.81. The van der Waals surface area contributed by atoms with Crippen LogP contribution in [-0.4, -0.2) is 33.8 Å². The van der Waals surface area contributed by atoms with Gasteiger partial charge in [0.15, 0.2) is 5.82 Å². The van der Waals surface area contributed by atoms with E-state index in [1.165, 1.54) is 0 Å². The minimum Gasteiger partial charge on any atom is -0.481 e. The Labute approximate surface area is 91.0 Å². The number of carbonyl (C=O) groups excluding carboxylic acids is 1. The van der Waals surface area contributed by atoms with Crippen molar-refractivity contribution < 1.29 is 19.2 Å². The number of nitrogens with zero attached hydrogens (tertiary/aromatic N) is 2. The topological polar surface area (TPSA) is 117 Å². The number of hydrogen-bond donors (Lipinski definition) is 3. The lowest BCUT2D eigenvalue weighted by molar-refractivity contribution is -0.136. The fourth-order valence-corrected chi connectivity index (χ4v) is 0.918. The first-order chi connectivity index (χ1) is 7.58. The van der Waals surface area contributed by atoms with Crippen LogP contribution in [0.5, 0.6) is 0 Å². The fourth-order valence-electron chi connectivity index (χ4n) is 0.918. The van der Waals surface area contributed by atoms with Gasteiger partial charge in [-0.15, -0.1) is 0 Å². The molecule has 3 N–H and O–H groups in total. The third-order valence-electron chi connectivity index (χ3n) is 1.60. The second-order valence-corrected chi connectivity index (χ2v) is 2.98. The number of nitrogens with one attached hydrogen (secondary N) is 2. The van der Waals surface area contributed by atoms with Crippen molar-refractivity contribution in [1.29, 1.82) is 0 Å². The number of carbonyl (C=O) groups is 2. The highest BCUT2D eigenvalue weighted by Gasteiger charge is 2.05. The molecule has 1 aromatic heterocycles. The summed E-state index contributed by atoms with van der Waals surface area (Å²) < 4.78 is 4.70. The maximum Gasteiger partial charge on any atom is 0.315 e. The summed E-state index contributed by atoms with van der Waals surface area (Å²) in [4.78, 5) is 25.1. The van der Waals surface area contributed by atoms with Gasteiger partial charge < -0.3 is 20.3 Å². The Hall–Kier alpha value is -2.12. The Morgan fingerprint density at radius 3 is 2.75 bits per heavy atom. The molecular weight excluding hydrogens is 216 g/mol. The molecule has 0 aliphatic carbocycles. The molecule has 0 saturated carbocycles. The summed E-state index contributed by atoms with van der Waals surface area (Å²) in [6.45, 7) is 1.85. The van der Waals surface area contributed by atoms with E-state index < -0.39 is 12.0 Å². The van der Waals surface area contributed by atoms with Gasteiger partial charge in [-0.3, -0.25) is 4.79 Å². The molecular formula is C8H12N4O4. The SMILES string of the molecule is Cc1nc(CNC(=O)NCCC(=O)O)no1. The summed E-state index contributed by atoms with van der Waals surface area (Å²) in [5, 5.41) is 16.7. The maximum atomic E-state index is 11.1. The standard InChI is InChI=1S/C8H12N4O4/c1-5-11-6(12-16-5)4-10-8(15)9-3-2-7(13)14/h2-4H2,1H3,(H,13,14)(H2,9,10,15). The van der Waals surface area contributed by atoms with Crippen molar-refractivity contribution in [1.82, 2.24) is 20.8 Å². The third-order valence-corrected chi connectivity index (χ3v) is 1.60. The van der Waals surface area contributed by atoms with Crippen molar-refractivity contribution in [2.24, 2.45) is 0 Å². The van der Waals surface area contributed by atoms with Crippen molar-refractivity contribution in [3.63, 3.8) is 0 Å². The van der Waals surface area contributed by atoms with Gasteiger partial charge in [0.2, 0.25) is 5.89 Å².